The number of para-hydroxylation sites is 1. The van der Waals surface area contributed by atoms with Crippen molar-refractivity contribution in [1.82, 2.24) is 4.98 Å². The Labute approximate surface area is 202 Å². The molecule has 0 fully saturated rings. The van der Waals surface area contributed by atoms with E-state index in [4.69, 9.17) is 9.47 Å². The number of nitrogens with zero attached hydrogens (tertiary/aromatic N) is 4. The number of allylic oxidation sites excluding steroid dienone is 1. The molecule has 4 aromatic rings. The molecular weight excluding hydrogens is 472 g/mol. The summed E-state index contributed by atoms with van der Waals surface area (Å²) in [5.74, 6) is 0.298. The molecule has 1 aromatic heterocycles. The number of non-ortho nitro benzene ring substituents is 1. The molecule has 0 saturated heterocycles. The van der Waals surface area contributed by atoms with E-state index in [9.17, 15) is 25.5 Å². The number of thiazole rings is 1. The van der Waals surface area contributed by atoms with E-state index in [-0.39, 0.29) is 23.9 Å². The zero-order chi connectivity index (χ0) is 24.9. The van der Waals surface area contributed by atoms with Gasteiger partial charge in [-0.25, -0.2) is 4.98 Å². The predicted octanol–water partition coefficient (Wildman–Crippen LogP) is 6.37. The number of hydrogen-bond donors (Lipinski definition) is 0. The van der Waals surface area contributed by atoms with Crippen LogP contribution in [-0.4, -0.2) is 21.4 Å². The molecule has 0 saturated carbocycles. The SMILES string of the molecule is CCOc1cc(C=C(C#N)c2nc3ccccc3s2)ccc1Oc1ccc([N+](=O)[O-])cc1[N+](=O)[O-]. The van der Waals surface area contributed by atoms with Crippen molar-refractivity contribution < 1.29 is 19.3 Å². The van der Waals surface area contributed by atoms with E-state index < -0.39 is 21.2 Å². The highest BCUT2D eigenvalue weighted by Gasteiger charge is 2.22. The molecule has 0 bridgehead atoms. The number of aromatic nitrogens is 1. The van der Waals surface area contributed by atoms with E-state index >= 15 is 0 Å². The predicted molar refractivity (Wildman–Crippen MR) is 131 cm³/mol. The van der Waals surface area contributed by atoms with Gasteiger partial charge in [0.25, 0.3) is 5.69 Å². The van der Waals surface area contributed by atoms with Crippen molar-refractivity contribution in [2.24, 2.45) is 0 Å². The molecule has 0 aliphatic heterocycles. The summed E-state index contributed by atoms with van der Waals surface area (Å²) in [4.78, 5) is 25.5. The fourth-order valence-electron chi connectivity index (χ4n) is 3.23. The molecule has 3 aromatic carbocycles. The van der Waals surface area contributed by atoms with Gasteiger partial charge in [0.2, 0.25) is 5.75 Å². The van der Waals surface area contributed by atoms with Crippen LogP contribution in [0.15, 0.2) is 60.7 Å². The molecule has 174 valence electrons. The smallest absolute Gasteiger partial charge is 0.318 e. The van der Waals surface area contributed by atoms with Crippen LogP contribution in [0, 0.1) is 31.6 Å². The van der Waals surface area contributed by atoms with Gasteiger partial charge < -0.3 is 9.47 Å². The number of ether oxygens (including phenoxy) is 2. The number of nitro groups is 2. The van der Waals surface area contributed by atoms with Crippen LogP contribution < -0.4 is 9.47 Å². The van der Waals surface area contributed by atoms with Crippen LogP contribution in [0.4, 0.5) is 11.4 Å². The van der Waals surface area contributed by atoms with Gasteiger partial charge in [0.1, 0.15) is 11.1 Å². The monoisotopic (exact) mass is 488 g/mol. The summed E-state index contributed by atoms with van der Waals surface area (Å²) in [5.41, 5.74) is 0.835. The van der Waals surface area contributed by atoms with Crippen molar-refractivity contribution >= 4 is 44.6 Å². The molecule has 0 aliphatic carbocycles. The zero-order valence-corrected chi connectivity index (χ0v) is 19.0. The topological polar surface area (TPSA) is 141 Å². The third kappa shape index (κ3) is 5.07. The third-order valence-electron chi connectivity index (χ3n) is 4.79. The van der Waals surface area contributed by atoms with Crippen LogP contribution in [0.25, 0.3) is 21.9 Å². The molecule has 0 spiro atoms. The quantitative estimate of drug-likeness (QED) is 0.158. The van der Waals surface area contributed by atoms with Gasteiger partial charge in [-0.2, -0.15) is 5.26 Å². The van der Waals surface area contributed by atoms with E-state index in [1.165, 1.54) is 17.4 Å². The lowest BCUT2D eigenvalue weighted by Gasteiger charge is -2.12. The van der Waals surface area contributed by atoms with E-state index in [1.54, 1.807) is 31.2 Å². The molecule has 0 radical (unpaired) electrons. The summed E-state index contributed by atoms with van der Waals surface area (Å²) in [7, 11) is 0. The Bertz CT molecular complexity index is 1490. The Hall–Kier alpha value is -4.82. The molecule has 10 nitrogen and oxygen atoms in total. The first-order valence-electron chi connectivity index (χ1n) is 10.2. The summed E-state index contributed by atoms with van der Waals surface area (Å²) >= 11 is 1.41. The van der Waals surface area contributed by atoms with E-state index in [0.29, 0.717) is 16.1 Å². The van der Waals surface area contributed by atoms with Crippen LogP contribution >= 0.6 is 11.3 Å². The van der Waals surface area contributed by atoms with Crippen LogP contribution in [0.1, 0.15) is 17.5 Å². The van der Waals surface area contributed by atoms with Crippen molar-refractivity contribution in [3.63, 3.8) is 0 Å². The lowest BCUT2D eigenvalue weighted by Crippen LogP contribution is -1.99. The second-order valence-electron chi connectivity index (χ2n) is 7.06. The van der Waals surface area contributed by atoms with Crippen molar-refractivity contribution in [2.45, 2.75) is 6.92 Å². The molecule has 1 heterocycles. The van der Waals surface area contributed by atoms with Gasteiger partial charge in [0.15, 0.2) is 11.5 Å². The first kappa shape index (κ1) is 23.3. The lowest BCUT2D eigenvalue weighted by molar-refractivity contribution is -0.394. The molecular formula is C24H16N4O6S. The third-order valence-corrected chi connectivity index (χ3v) is 5.86. The van der Waals surface area contributed by atoms with Crippen molar-refractivity contribution in [3.05, 3.63) is 91.5 Å². The molecule has 35 heavy (non-hydrogen) atoms. The average molecular weight is 488 g/mol. The van der Waals surface area contributed by atoms with Crippen molar-refractivity contribution in [1.29, 1.82) is 5.26 Å². The molecule has 0 aliphatic rings. The minimum Gasteiger partial charge on any atom is -0.490 e. The number of fused-ring (bicyclic) bond motifs is 1. The zero-order valence-electron chi connectivity index (χ0n) is 18.2. The summed E-state index contributed by atoms with van der Waals surface area (Å²) in [6, 6.07) is 17.8. The number of rotatable bonds is 8. The largest absolute Gasteiger partial charge is 0.490 e. The first-order valence-corrected chi connectivity index (χ1v) is 11.1. The number of hydrogen-bond acceptors (Lipinski definition) is 9. The number of benzene rings is 3. The molecule has 0 unspecified atom stereocenters. The Kier molecular flexibility index (Phi) is 6.66. The van der Waals surface area contributed by atoms with Gasteiger partial charge in [-0.3, -0.25) is 20.2 Å². The van der Waals surface area contributed by atoms with Crippen molar-refractivity contribution in [2.75, 3.05) is 6.61 Å². The fraction of sp³-hybridized carbons (Fsp3) is 0.0833. The van der Waals surface area contributed by atoms with Gasteiger partial charge in [-0.15, -0.1) is 11.3 Å². The summed E-state index contributed by atoms with van der Waals surface area (Å²) in [6.07, 6.45) is 1.67. The minimum atomic E-state index is -0.753. The Morgan fingerprint density at radius 3 is 2.51 bits per heavy atom. The van der Waals surface area contributed by atoms with Crippen molar-refractivity contribution in [3.8, 4) is 23.3 Å². The maximum absolute atomic E-state index is 11.4. The van der Waals surface area contributed by atoms with E-state index in [0.717, 1.165) is 22.3 Å². The minimum absolute atomic E-state index is 0.169. The molecule has 0 atom stereocenters. The second-order valence-corrected chi connectivity index (χ2v) is 8.09. The van der Waals surface area contributed by atoms with Gasteiger partial charge in [-0.05, 0) is 48.9 Å². The van der Waals surface area contributed by atoms with Gasteiger partial charge in [-0.1, -0.05) is 18.2 Å². The molecule has 4 rings (SSSR count). The summed E-state index contributed by atoms with van der Waals surface area (Å²) in [6.45, 7) is 2.05. The van der Waals surface area contributed by atoms with Crippen LogP contribution in [0.5, 0.6) is 17.2 Å². The Morgan fingerprint density at radius 1 is 1.06 bits per heavy atom. The highest BCUT2D eigenvalue weighted by molar-refractivity contribution is 7.19. The average Bonchev–Trinajstić information content (AvgIpc) is 3.28. The van der Waals surface area contributed by atoms with Crippen LogP contribution in [0.2, 0.25) is 0 Å². The first-order chi connectivity index (χ1) is 16.9. The summed E-state index contributed by atoms with van der Waals surface area (Å²) < 4.78 is 12.3. The lowest BCUT2D eigenvalue weighted by atomic mass is 10.1. The van der Waals surface area contributed by atoms with Crippen LogP contribution in [-0.2, 0) is 0 Å². The number of nitro benzene ring substituents is 2. The van der Waals surface area contributed by atoms with E-state index in [1.807, 2.05) is 24.3 Å². The highest BCUT2D eigenvalue weighted by atomic mass is 32.1. The molecule has 11 heteroatoms. The Morgan fingerprint density at radius 2 is 1.83 bits per heavy atom. The maximum atomic E-state index is 11.4. The summed E-state index contributed by atoms with van der Waals surface area (Å²) in [5, 5.41) is 32.7. The van der Waals surface area contributed by atoms with Gasteiger partial charge in [0.05, 0.1) is 38.3 Å². The molecule has 0 amide bonds. The van der Waals surface area contributed by atoms with E-state index in [2.05, 4.69) is 11.1 Å². The maximum Gasteiger partial charge on any atom is 0.318 e. The van der Waals surface area contributed by atoms with Gasteiger partial charge >= 0.3 is 5.69 Å². The standard InChI is InChI=1S/C24H16N4O6S/c1-2-33-22-12-15(11-16(14-25)24-26-18-5-3-4-6-23(18)35-24)7-9-21(22)34-20-10-8-17(27(29)30)13-19(20)28(31)32/h3-13H,2H2,1H3. The Balaban J connectivity index is 1.70. The normalized spacial score (nSPS) is 11.1. The highest BCUT2D eigenvalue weighted by Crippen LogP contribution is 2.39. The van der Waals surface area contributed by atoms with Crippen LogP contribution in [0.3, 0.4) is 0 Å². The second kappa shape index (κ2) is 9.98. The van der Waals surface area contributed by atoms with Gasteiger partial charge in [0, 0.05) is 6.07 Å². The number of nitriles is 1. The molecule has 0 N–H and O–H groups in total. The fourth-order valence-corrected chi connectivity index (χ4v) is 4.16.